The summed E-state index contributed by atoms with van der Waals surface area (Å²) in [4.78, 5) is 19.9. The van der Waals surface area contributed by atoms with E-state index in [2.05, 4.69) is 69.8 Å². The summed E-state index contributed by atoms with van der Waals surface area (Å²) < 4.78 is 4.51. The summed E-state index contributed by atoms with van der Waals surface area (Å²) in [6.45, 7) is 0. The highest BCUT2D eigenvalue weighted by Crippen LogP contribution is 2.42. The summed E-state index contributed by atoms with van der Waals surface area (Å²) in [6, 6.07) is 61.3. The minimum Gasteiger partial charge on any atom is -0.309 e. The van der Waals surface area contributed by atoms with E-state index in [0.717, 1.165) is 82.8 Å². The summed E-state index contributed by atoms with van der Waals surface area (Å²) in [5, 5.41) is 23.8. The molecule has 0 amide bonds. The average molecular weight is 767 g/mol. The third kappa shape index (κ3) is 5.60. The molecular weight excluding hydrogens is 737 g/mol. The van der Waals surface area contributed by atoms with E-state index < -0.39 is 0 Å². The van der Waals surface area contributed by atoms with E-state index in [4.69, 9.17) is 19.9 Å². The van der Waals surface area contributed by atoms with Gasteiger partial charge in [0.25, 0.3) is 0 Å². The second kappa shape index (κ2) is 14.0. The molecule has 0 radical (unpaired) electrons. The molecule has 0 saturated carbocycles. The van der Waals surface area contributed by atoms with Crippen molar-refractivity contribution in [2.45, 2.75) is 0 Å². The van der Waals surface area contributed by atoms with E-state index >= 15 is 0 Å². The zero-order valence-electron chi connectivity index (χ0n) is 31.9. The van der Waals surface area contributed by atoms with E-state index in [1.165, 1.54) is 0 Å². The van der Waals surface area contributed by atoms with Crippen LogP contribution in [-0.2, 0) is 0 Å². The number of aromatic nitrogens is 6. The standard InChI is InChI=1S/C52H30N8/c53-30-33-19-22-46-41(27-33)38-15-7-9-17-44(38)59(46)48-24-21-37(52-57-50(35-11-3-1-4-12-35)56-51(58-52)36-13-5-2-6-14-36)29-43(48)40-25-26-55-32-49(40)60-45-18-10-8-16-39(45)42-28-34(31-54)20-23-47(42)60/h1-29,32H. The third-order valence-electron chi connectivity index (χ3n) is 11.1. The molecule has 0 atom stereocenters. The van der Waals surface area contributed by atoms with Crippen molar-refractivity contribution in [1.29, 1.82) is 10.5 Å². The lowest BCUT2D eigenvalue weighted by Gasteiger charge is -2.19. The molecule has 8 nitrogen and oxygen atoms in total. The number of benzene rings is 7. The minimum atomic E-state index is 0.535. The molecule has 60 heavy (non-hydrogen) atoms. The van der Waals surface area contributed by atoms with Crippen LogP contribution in [0.3, 0.4) is 0 Å². The highest BCUT2D eigenvalue weighted by Gasteiger charge is 2.22. The van der Waals surface area contributed by atoms with Crippen molar-refractivity contribution in [1.82, 2.24) is 29.1 Å². The molecule has 0 aliphatic carbocycles. The Bertz CT molecular complexity index is 3510. The predicted molar refractivity (Wildman–Crippen MR) is 237 cm³/mol. The first-order valence-electron chi connectivity index (χ1n) is 19.5. The molecule has 0 bridgehead atoms. The maximum Gasteiger partial charge on any atom is 0.164 e. The van der Waals surface area contributed by atoms with Gasteiger partial charge in [-0.15, -0.1) is 0 Å². The molecule has 11 aromatic rings. The fraction of sp³-hybridized carbons (Fsp3) is 0. The van der Waals surface area contributed by atoms with Gasteiger partial charge in [-0.2, -0.15) is 10.5 Å². The van der Waals surface area contributed by atoms with Crippen molar-refractivity contribution >= 4 is 43.6 Å². The molecule has 0 aliphatic heterocycles. The van der Waals surface area contributed by atoms with Crippen molar-refractivity contribution in [2.75, 3.05) is 0 Å². The summed E-state index contributed by atoms with van der Waals surface area (Å²) in [5.74, 6) is 1.69. The van der Waals surface area contributed by atoms with Crippen LogP contribution in [0, 0.1) is 22.7 Å². The smallest absolute Gasteiger partial charge is 0.164 e. The van der Waals surface area contributed by atoms with Gasteiger partial charge in [0.15, 0.2) is 17.5 Å². The van der Waals surface area contributed by atoms with Crippen molar-refractivity contribution in [3.8, 4) is 68.8 Å². The van der Waals surface area contributed by atoms with Gasteiger partial charge in [-0.3, -0.25) is 4.98 Å². The Balaban J connectivity index is 1.23. The lowest BCUT2D eigenvalue weighted by atomic mass is 9.99. The Morgan fingerprint density at radius 3 is 1.42 bits per heavy atom. The molecule has 4 heterocycles. The normalized spacial score (nSPS) is 11.3. The fourth-order valence-electron chi connectivity index (χ4n) is 8.42. The van der Waals surface area contributed by atoms with Gasteiger partial charge in [0.2, 0.25) is 0 Å². The van der Waals surface area contributed by atoms with Crippen LogP contribution in [0.15, 0.2) is 182 Å². The second-order valence-electron chi connectivity index (χ2n) is 14.6. The topological polar surface area (TPSA) is 109 Å². The fourth-order valence-corrected chi connectivity index (χ4v) is 8.42. The van der Waals surface area contributed by atoms with Gasteiger partial charge in [-0.25, -0.2) is 15.0 Å². The van der Waals surface area contributed by atoms with Gasteiger partial charge in [-0.1, -0.05) is 97.1 Å². The Labute approximate surface area is 344 Å². The molecule has 0 spiro atoms. The molecular formula is C52H30N8. The number of pyridine rings is 1. The number of hydrogen-bond donors (Lipinski definition) is 0. The van der Waals surface area contributed by atoms with Gasteiger partial charge in [0.1, 0.15) is 0 Å². The van der Waals surface area contributed by atoms with Crippen LogP contribution in [-0.4, -0.2) is 29.1 Å². The first-order valence-corrected chi connectivity index (χ1v) is 19.5. The predicted octanol–water partition coefficient (Wildman–Crippen LogP) is 11.9. The molecule has 11 rings (SSSR count). The molecule has 7 aromatic carbocycles. The second-order valence-corrected chi connectivity index (χ2v) is 14.6. The molecule has 0 unspecified atom stereocenters. The quantitative estimate of drug-likeness (QED) is 0.167. The third-order valence-corrected chi connectivity index (χ3v) is 11.1. The Morgan fingerprint density at radius 1 is 0.383 bits per heavy atom. The number of para-hydroxylation sites is 2. The Morgan fingerprint density at radius 2 is 0.867 bits per heavy atom. The maximum absolute atomic E-state index is 9.91. The van der Waals surface area contributed by atoms with Gasteiger partial charge in [-0.05, 0) is 72.8 Å². The SMILES string of the molecule is N#Cc1ccc2c(c1)c1ccccc1n2-c1ccc(-c2nc(-c3ccccc3)nc(-c3ccccc3)n2)cc1-c1ccncc1-n1c2ccccc2c2cc(C#N)ccc21. The van der Waals surface area contributed by atoms with E-state index in [1.54, 1.807) is 0 Å². The molecule has 8 heteroatoms. The zero-order chi connectivity index (χ0) is 40.2. The lowest BCUT2D eigenvalue weighted by Crippen LogP contribution is -2.04. The van der Waals surface area contributed by atoms with E-state index in [9.17, 15) is 10.5 Å². The monoisotopic (exact) mass is 766 g/mol. The number of nitriles is 2. The van der Waals surface area contributed by atoms with Crippen LogP contribution in [0.25, 0.3) is 100 Å². The number of fused-ring (bicyclic) bond motifs is 6. The van der Waals surface area contributed by atoms with Crippen LogP contribution >= 0.6 is 0 Å². The number of nitrogens with zero attached hydrogens (tertiary/aromatic N) is 8. The Hall–Kier alpha value is -8.72. The van der Waals surface area contributed by atoms with Gasteiger partial charge >= 0.3 is 0 Å². The maximum atomic E-state index is 9.91. The van der Waals surface area contributed by atoms with Crippen molar-refractivity contribution in [3.63, 3.8) is 0 Å². The molecule has 278 valence electrons. The van der Waals surface area contributed by atoms with E-state index in [1.807, 2.05) is 134 Å². The molecule has 4 aromatic heterocycles. The lowest BCUT2D eigenvalue weighted by molar-refractivity contribution is 1.07. The summed E-state index contributed by atoms with van der Waals surface area (Å²) in [7, 11) is 0. The zero-order valence-corrected chi connectivity index (χ0v) is 31.9. The van der Waals surface area contributed by atoms with Gasteiger partial charge in [0, 0.05) is 55.6 Å². The van der Waals surface area contributed by atoms with Crippen LogP contribution < -0.4 is 0 Å². The average Bonchev–Trinajstić information content (AvgIpc) is 3.83. The summed E-state index contributed by atoms with van der Waals surface area (Å²) in [5.41, 5.74) is 11.3. The number of hydrogen-bond acceptors (Lipinski definition) is 6. The number of rotatable bonds is 6. The highest BCUT2D eigenvalue weighted by atomic mass is 15.0. The van der Waals surface area contributed by atoms with Crippen molar-refractivity contribution in [2.24, 2.45) is 0 Å². The van der Waals surface area contributed by atoms with Crippen LogP contribution in [0.4, 0.5) is 0 Å². The first kappa shape index (κ1) is 34.5. The van der Waals surface area contributed by atoms with Gasteiger partial charge in [0.05, 0.1) is 62.9 Å². The molecule has 0 fully saturated rings. The van der Waals surface area contributed by atoms with Crippen LogP contribution in [0.5, 0.6) is 0 Å². The van der Waals surface area contributed by atoms with Gasteiger partial charge < -0.3 is 9.13 Å². The summed E-state index contributed by atoms with van der Waals surface area (Å²) >= 11 is 0. The van der Waals surface area contributed by atoms with E-state index in [0.29, 0.717) is 28.6 Å². The summed E-state index contributed by atoms with van der Waals surface area (Å²) in [6.07, 6.45) is 3.73. The van der Waals surface area contributed by atoms with Crippen molar-refractivity contribution < 1.29 is 0 Å². The molecule has 0 N–H and O–H groups in total. The Kier molecular flexibility index (Phi) is 8.07. The first-order chi connectivity index (χ1) is 29.7. The highest BCUT2D eigenvalue weighted by molar-refractivity contribution is 6.12. The van der Waals surface area contributed by atoms with Crippen molar-refractivity contribution in [3.05, 3.63) is 193 Å². The van der Waals surface area contributed by atoms with E-state index in [-0.39, 0.29) is 0 Å². The molecule has 0 aliphatic rings. The molecule has 0 saturated heterocycles. The van der Waals surface area contributed by atoms with Crippen LogP contribution in [0.2, 0.25) is 0 Å². The minimum absolute atomic E-state index is 0.535. The largest absolute Gasteiger partial charge is 0.309 e. The van der Waals surface area contributed by atoms with Crippen LogP contribution in [0.1, 0.15) is 11.1 Å².